The van der Waals surface area contributed by atoms with Gasteiger partial charge in [-0.1, -0.05) is 0 Å². The number of fused-ring (bicyclic) bond motifs is 1. The Bertz CT molecular complexity index is 1020. The summed E-state index contributed by atoms with van der Waals surface area (Å²) >= 11 is 0. The average Bonchev–Trinajstić information content (AvgIpc) is 3.17. The van der Waals surface area contributed by atoms with Crippen LogP contribution in [0.25, 0.3) is 5.78 Å². The van der Waals surface area contributed by atoms with E-state index in [2.05, 4.69) is 15.1 Å². The summed E-state index contributed by atoms with van der Waals surface area (Å²) in [5, 5.41) is 4.25. The molecule has 1 amide bonds. The molecule has 0 unspecified atom stereocenters. The average molecular weight is 381 g/mol. The second kappa shape index (κ2) is 7.55. The molecule has 0 spiro atoms. The maximum atomic E-state index is 13.1. The number of hydrogen-bond donors (Lipinski definition) is 0. The zero-order valence-corrected chi connectivity index (χ0v) is 16.3. The Morgan fingerprint density at radius 1 is 1.32 bits per heavy atom. The zero-order chi connectivity index (χ0) is 19.7. The molecule has 0 saturated carbocycles. The molecule has 1 saturated heterocycles. The monoisotopic (exact) mass is 381 g/mol. The maximum Gasteiger partial charge on any atom is 0.254 e. The van der Waals surface area contributed by atoms with Crippen LogP contribution in [-0.4, -0.2) is 56.7 Å². The molecule has 0 radical (unpaired) electrons. The molecule has 0 N–H and O–H groups in total. The van der Waals surface area contributed by atoms with Gasteiger partial charge in [-0.2, -0.15) is 14.6 Å². The van der Waals surface area contributed by atoms with Crippen LogP contribution in [0.3, 0.4) is 0 Å². The quantitative estimate of drug-likeness (QED) is 0.690. The number of aryl methyl sites for hydroxylation is 2. The van der Waals surface area contributed by atoms with E-state index in [1.165, 1.54) is 6.33 Å². The van der Waals surface area contributed by atoms with E-state index in [9.17, 15) is 4.79 Å². The molecule has 28 heavy (non-hydrogen) atoms. The number of hydrogen-bond acceptors (Lipinski definition) is 6. The van der Waals surface area contributed by atoms with Crippen molar-refractivity contribution in [1.82, 2.24) is 24.5 Å². The predicted octanol–water partition coefficient (Wildman–Crippen LogP) is 2.35. The molecule has 2 aromatic heterocycles. The Morgan fingerprint density at radius 3 is 2.96 bits per heavy atom. The van der Waals surface area contributed by atoms with E-state index in [1.807, 2.05) is 49.9 Å². The van der Waals surface area contributed by atoms with Crippen LogP contribution in [0.2, 0.25) is 0 Å². The van der Waals surface area contributed by atoms with Gasteiger partial charge in [0.1, 0.15) is 18.2 Å². The Hall–Kier alpha value is -3.00. The summed E-state index contributed by atoms with van der Waals surface area (Å²) in [5.74, 6) is 1.32. The second-order valence-electron chi connectivity index (χ2n) is 6.82. The van der Waals surface area contributed by atoms with E-state index >= 15 is 0 Å². The molecule has 1 aliphatic rings. The first-order valence-corrected chi connectivity index (χ1v) is 9.38. The second-order valence-corrected chi connectivity index (χ2v) is 6.82. The number of carbonyl (C=O) groups excluding carboxylic acids is 1. The minimum absolute atomic E-state index is 0.0138. The van der Waals surface area contributed by atoms with E-state index in [1.54, 1.807) is 4.52 Å². The van der Waals surface area contributed by atoms with Crippen LogP contribution in [0.15, 0.2) is 30.6 Å². The fourth-order valence-corrected chi connectivity index (χ4v) is 3.48. The number of morpholine rings is 1. The molecule has 1 aliphatic heterocycles. The largest absolute Gasteiger partial charge is 0.494 e. The lowest BCUT2D eigenvalue weighted by Crippen LogP contribution is -2.42. The van der Waals surface area contributed by atoms with E-state index in [0.29, 0.717) is 37.6 Å². The number of carbonyl (C=O) groups is 1. The summed E-state index contributed by atoms with van der Waals surface area (Å²) < 4.78 is 13.2. The van der Waals surface area contributed by atoms with Gasteiger partial charge in [0.15, 0.2) is 0 Å². The molecule has 8 heteroatoms. The van der Waals surface area contributed by atoms with Crippen LogP contribution in [-0.2, 0) is 4.74 Å². The van der Waals surface area contributed by atoms with Crippen molar-refractivity contribution in [2.45, 2.75) is 26.9 Å². The third-order valence-electron chi connectivity index (χ3n) is 4.81. The first kappa shape index (κ1) is 18.4. The number of rotatable bonds is 4. The van der Waals surface area contributed by atoms with Crippen LogP contribution in [0.5, 0.6) is 5.75 Å². The van der Waals surface area contributed by atoms with Crippen LogP contribution < -0.4 is 4.74 Å². The number of amides is 1. The highest BCUT2D eigenvalue weighted by Gasteiger charge is 2.28. The highest BCUT2D eigenvalue weighted by atomic mass is 16.5. The lowest BCUT2D eigenvalue weighted by molar-refractivity contribution is -0.0257. The first-order valence-electron chi connectivity index (χ1n) is 9.38. The van der Waals surface area contributed by atoms with Gasteiger partial charge in [-0.05, 0) is 50.6 Å². The van der Waals surface area contributed by atoms with Crippen molar-refractivity contribution in [3.05, 3.63) is 53.1 Å². The summed E-state index contributed by atoms with van der Waals surface area (Å²) in [6, 6.07) is 7.48. The van der Waals surface area contributed by atoms with E-state index in [4.69, 9.17) is 9.47 Å². The van der Waals surface area contributed by atoms with Crippen LogP contribution in [0, 0.1) is 13.8 Å². The van der Waals surface area contributed by atoms with Gasteiger partial charge >= 0.3 is 0 Å². The Morgan fingerprint density at radius 2 is 2.18 bits per heavy atom. The van der Waals surface area contributed by atoms with Gasteiger partial charge in [-0.25, -0.2) is 4.98 Å². The molecule has 1 fully saturated rings. The molecule has 4 rings (SSSR count). The highest BCUT2D eigenvalue weighted by molar-refractivity contribution is 5.94. The number of nitrogens with zero attached hydrogens (tertiary/aromatic N) is 5. The normalized spacial score (nSPS) is 17.1. The molecule has 1 aromatic carbocycles. The molecule has 1 atom stereocenters. The van der Waals surface area contributed by atoms with Gasteiger partial charge in [-0.15, -0.1) is 0 Å². The van der Waals surface area contributed by atoms with E-state index in [-0.39, 0.29) is 12.0 Å². The highest BCUT2D eigenvalue weighted by Crippen LogP contribution is 2.25. The van der Waals surface area contributed by atoms with Gasteiger partial charge in [0.05, 0.1) is 25.5 Å². The first-order chi connectivity index (χ1) is 13.6. The van der Waals surface area contributed by atoms with Gasteiger partial charge in [0.25, 0.3) is 11.7 Å². The van der Waals surface area contributed by atoms with E-state index < -0.39 is 0 Å². The summed E-state index contributed by atoms with van der Waals surface area (Å²) in [5.41, 5.74) is 3.29. The lowest BCUT2D eigenvalue weighted by Gasteiger charge is -2.33. The molecule has 0 aliphatic carbocycles. The third-order valence-corrected chi connectivity index (χ3v) is 4.81. The molecular formula is C20H23N5O3. The summed E-state index contributed by atoms with van der Waals surface area (Å²) in [6.07, 6.45) is 1.19. The number of aromatic nitrogens is 4. The molecule has 146 valence electrons. The SMILES string of the molecule is CCOc1ccc(C(=O)N2CCO[C@H](c3cc(C)nc4ncnn34)C2)cc1C. The summed E-state index contributed by atoms with van der Waals surface area (Å²) in [7, 11) is 0. The van der Waals surface area contributed by atoms with Crippen LogP contribution in [0.4, 0.5) is 0 Å². The minimum atomic E-state index is -0.285. The van der Waals surface area contributed by atoms with Crippen molar-refractivity contribution in [1.29, 1.82) is 0 Å². The van der Waals surface area contributed by atoms with Gasteiger partial charge in [-0.3, -0.25) is 4.79 Å². The smallest absolute Gasteiger partial charge is 0.254 e. The molecule has 0 bridgehead atoms. The molecular weight excluding hydrogens is 358 g/mol. The molecule has 3 heterocycles. The predicted molar refractivity (Wildman–Crippen MR) is 102 cm³/mol. The van der Waals surface area contributed by atoms with E-state index in [0.717, 1.165) is 22.7 Å². The Balaban J connectivity index is 1.57. The maximum absolute atomic E-state index is 13.1. The van der Waals surface area contributed by atoms with Crippen molar-refractivity contribution in [3.63, 3.8) is 0 Å². The number of ether oxygens (including phenoxy) is 2. The molecule has 8 nitrogen and oxygen atoms in total. The fraction of sp³-hybridized carbons (Fsp3) is 0.400. The molecule has 3 aromatic rings. The standard InChI is InChI=1S/C20H23N5O3/c1-4-27-17-6-5-15(9-13(17)2)19(26)24-7-8-28-18(11-24)16-10-14(3)23-20-21-12-22-25(16)20/h5-6,9-10,12,18H,4,7-8,11H2,1-3H3/t18-/m0/s1. The van der Waals surface area contributed by atoms with Crippen molar-refractivity contribution >= 4 is 11.7 Å². The Kier molecular flexibility index (Phi) is 4.95. The van der Waals surface area contributed by atoms with Crippen molar-refractivity contribution < 1.29 is 14.3 Å². The topological polar surface area (TPSA) is 81.8 Å². The summed E-state index contributed by atoms with van der Waals surface area (Å²) in [6.45, 7) is 7.86. The summed E-state index contributed by atoms with van der Waals surface area (Å²) in [4.78, 5) is 23.4. The zero-order valence-electron chi connectivity index (χ0n) is 16.3. The Labute approximate surface area is 163 Å². The van der Waals surface area contributed by atoms with Crippen molar-refractivity contribution in [2.75, 3.05) is 26.3 Å². The lowest BCUT2D eigenvalue weighted by atomic mass is 10.1. The number of benzene rings is 1. The van der Waals surface area contributed by atoms with Gasteiger partial charge in [0, 0.05) is 17.8 Å². The van der Waals surface area contributed by atoms with Crippen molar-refractivity contribution in [3.8, 4) is 5.75 Å². The minimum Gasteiger partial charge on any atom is -0.494 e. The fourth-order valence-electron chi connectivity index (χ4n) is 3.48. The third kappa shape index (κ3) is 3.43. The van der Waals surface area contributed by atoms with Crippen LogP contribution >= 0.6 is 0 Å². The van der Waals surface area contributed by atoms with Crippen LogP contribution in [0.1, 0.15) is 40.3 Å². The van der Waals surface area contributed by atoms with Gasteiger partial charge in [0.2, 0.25) is 0 Å². The van der Waals surface area contributed by atoms with Crippen molar-refractivity contribution in [2.24, 2.45) is 0 Å². The van der Waals surface area contributed by atoms with Gasteiger partial charge < -0.3 is 14.4 Å².